The molecule has 0 saturated carbocycles. The maximum Gasteiger partial charge on any atom is 0.481 e. The predicted octanol–water partition coefficient (Wildman–Crippen LogP) is -2.15. The van der Waals surface area contributed by atoms with Gasteiger partial charge < -0.3 is 39.9 Å². The molecule has 0 spiro atoms. The van der Waals surface area contributed by atoms with E-state index in [4.69, 9.17) is 19.4 Å². The first-order valence-corrected chi connectivity index (χ1v) is 9.57. The van der Waals surface area contributed by atoms with Crippen molar-refractivity contribution in [3.8, 4) is 0 Å². The molecule has 0 bridgehead atoms. The lowest BCUT2D eigenvalue weighted by Crippen LogP contribution is -2.37. The largest absolute Gasteiger partial charge is 0.481 e. The zero-order valence-electron chi connectivity index (χ0n) is 12.2. The Bertz CT molecular complexity index is 750. The van der Waals surface area contributed by atoms with Crippen molar-refractivity contribution in [2.24, 2.45) is 0 Å². The Balaban J connectivity index is 1.96. The van der Waals surface area contributed by atoms with Gasteiger partial charge in [-0.25, -0.2) is 13.9 Å². The van der Waals surface area contributed by atoms with E-state index < -0.39 is 52.5 Å². The summed E-state index contributed by atoms with van der Waals surface area (Å²) in [6.07, 6.45) is -4.39. The van der Waals surface area contributed by atoms with Crippen LogP contribution in [-0.4, -0.2) is 66.0 Å². The maximum absolute atomic E-state index is 11.3. The molecule has 0 amide bonds. The third-order valence-corrected chi connectivity index (χ3v) is 5.09. The van der Waals surface area contributed by atoms with Crippen LogP contribution in [0.3, 0.4) is 0 Å². The number of hydrogen-bond acceptors (Lipinski definition) is 10. The Morgan fingerprint density at radius 3 is 2.56 bits per heavy atom. The average Bonchev–Trinajstić information content (AvgIpc) is 2.71. The second-order valence-electron chi connectivity index (χ2n) is 4.84. The summed E-state index contributed by atoms with van der Waals surface area (Å²) in [7, 11) is -10.4. The highest BCUT2D eigenvalue weighted by Crippen LogP contribution is 2.57. The van der Waals surface area contributed by atoms with Gasteiger partial charge in [0.2, 0.25) is 0 Å². The van der Waals surface area contributed by atoms with Crippen molar-refractivity contribution < 1.29 is 47.6 Å². The van der Waals surface area contributed by atoms with Gasteiger partial charge >= 0.3 is 21.3 Å². The Hall–Kier alpha value is -1.18. The van der Waals surface area contributed by atoms with Gasteiger partial charge in [-0.2, -0.15) is 9.29 Å². The first-order valence-electron chi connectivity index (χ1n) is 6.55. The zero-order valence-corrected chi connectivity index (χ0v) is 14.0. The van der Waals surface area contributed by atoms with Gasteiger partial charge in [0.25, 0.3) is 0 Å². The highest BCUT2D eigenvalue weighted by molar-refractivity contribution is 7.60. The SMILES string of the molecule is O=c1nc(NC2O[C@H](COP(=O)(O)OP(=O)(O)O)[C@@H](O)[C@@H]2O)cc[nH]1. The number of aliphatic hydroxyl groups is 2. The number of phosphoric acid groups is 2. The van der Waals surface area contributed by atoms with Crippen LogP contribution in [0.5, 0.6) is 0 Å². The molecule has 0 aromatic carbocycles. The minimum atomic E-state index is -5.28. The van der Waals surface area contributed by atoms with Crippen LogP contribution < -0.4 is 11.0 Å². The van der Waals surface area contributed by atoms with Crippen LogP contribution >= 0.6 is 15.6 Å². The second-order valence-corrected chi connectivity index (χ2v) is 7.67. The molecule has 1 aromatic heterocycles. The number of anilines is 1. The summed E-state index contributed by atoms with van der Waals surface area (Å²) in [6, 6.07) is 1.35. The van der Waals surface area contributed by atoms with Crippen molar-refractivity contribution in [2.75, 3.05) is 11.9 Å². The van der Waals surface area contributed by atoms with E-state index in [0.717, 1.165) is 0 Å². The van der Waals surface area contributed by atoms with Gasteiger partial charge in [0.1, 0.15) is 24.1 Å². The maximum atomic E-state index is 11.3. The molecular formula is C9H15N3O11P2. The summed E-state index contributed by atoms with van der Waals surface area (Å²) in [6.45, 7) is -0.826. The summed E-state index contributed by atoms with van der Waals surface area (Å²) < 4.78 is 35.0. The molecule has 0 radical (unpaired) electrons. The monoisotopic (exact) mass is 403 g/mol. The van der Waals surface area contributed by atoms with Gasteiger partial charge in [-0.3, -0.25) is 4.52 Å². The van der Waals surface area contributed by atoms with Crippen LogP contribution in [0.4, 0.5) is 5.82 Å². The molecule has 2 unspecified atom stereocenters. The van der Waals surface area contributed by atoms with E-state index in [0.29, 0.717) is 0 Å². The Morgan fingerprint density at radius 2 is 1.96 bits per heavy atom. The van der Waals surface area contributed by atoms with E-state index in [-0.39, 0.29) is 5.82 Å². The molecule has 1 aromatic rings. The smallest absolute Gasteiger partial charge is 0.387 e. The van der Waals surface area contributed by atoms with Gasteiger partial charge in [-0.05, 0) is 6.07 Å². The van der Waals surface area contributed by atoms with Gasteiger partial charge in [0, 0.05) is 6.20 Å². The average molecular weight is 403 g/mol. The molecule has 25 heavy (non-hydrogen) atoms. The summed E-state index contributed by atoms with van der Waals surface area (Å²) in [4.78, 5) is 43.0. The molecule has 1 fully saturated rings. The molecule has 1 aliphatic heterocycles. The second kappa shape index (κ2) is 7.60. The fraction of sp³-hybridized carbons (Fsp3) is 0.556. The van der Waals surface area contributed by atoms with Gasteiger partial charge in [-0.15, -0.1) is 0 Å². The van der Waals surface area contributed by atoms with E-state index in [1.807, 2.05) is 0 Å². The van der Waals surface area contributed by atoms with Crippen LogP contribution in [0, 0.1) is 0 Å². The molecule has 1 saturated heterocycles. The van der Waals surface area contributed by atoms with Crippen LogP contribution in [0.2, 0.25) is 0 Å². The molecule has 2 rings (SSSR count). The molecule has 5 atom stereocenters. The number of H-pyrrole nitrogens is 1. The third-order valence-electron chi connectivity index (χ3n) is 2.93. The Kier molecular flexibility index (Phi) is 6.12. The molecular weight excluding hydrogens is 388 g/mol. The first kappa shape index (κ1) is 20.1. The van der Waals surface area contributed by atoms with E-state index in [9.17, 15) is 24.1 Å². The summed E-state index contributed by atoms with van der Waals surface area (Å²) in [5.74, 6) is 0.0271. The lowest BCUT2D eigenvalue weighted by Gasteiger charge is -2.17. The highest BCUT2D eigenvalue weighted by Gasteiger charge is 2.44. The van der Waals surface area contributed by atoms with Crippen molar-refractivity contribution in [3.05, 3.63) is 22.7 Å². The van der Waals surface area contributed by atoms with Gasteiger partial charge in [0.15, 0.2) is 6.23 Å². The number of nitrogens with zero attached hydrogens (tertiary/aromatic N) is 1. The first-order chi connectivity index (χ1) is 11.5. The Labute approximate surface area is 139 Å². The fourth-order valence-electron chi connectivity index (χ4n) is 1.93. The normalized spacial score (nSPS) is 29.3. The molecule has 142 valence electrons. The Morgan fingerprint density at radius 1 is 1.28 bits per heavy atom. The quantitative estimate of drug-likeness (QED) is 0.242. The third kappa shape index (κ3) is 5.94. The van der Waals surface area contributed by atoms with Crippen LogP contribution in [0.25, 0.3) is 0 Å². The van der Waals surface area contributed by atoms with Gasteiger partial charge in [0.05, 0.1) is 6.61 Å². The van der Waals surface area contributed by atoms with Crippen LogP contribution in [0.15, 0.2) is 17.1 Å². The number of ether oxygens (including phenoxy) is 1. The summed E-state index contributed by atoms with van der Waals surface area (Å²) >= 11 is 0. The standard InChI is InChI=1S/C9H15N3O11P2/c13-6-4(3-21-25(19,20)23-24(16,17)18)22-8(7(6)14)11-5-1-2-10-9(15)12-5/h1-2,4,6-8,13-14H,3H2,(H,19,20)(H2,16,17,18)(H2,10,11,12,15)/t4-,6-,7+,8?/m1/s1. The van der Waals surface area contributed by atoms with Crippen molar-refractivity contribution in [1.29, 1.82) is 0 Å². The number of aromatic amines is 1. The molecule has 1 aliphatic rings. The number of hydrogen-bond donors (Lipinski definition) is 7. The summed E-state index contributed by atoms with van der Waals surface area (Å²) in [5, 5.41) is 22.2. The fourth-order valence-corrected chi connectivity index (χ4v) is 3.53. The molecule has 0 aliphatic carbocycles. The summed E-state index contributed by atoms with van der Waals surface area (Å²) in [5.41, 5.74) is -0.672. The lowest BCUT2D eigenvalue weighted by atomic mass is 10.1. The molecule has 14 nitrogen and oxygen atoms in total. The van der Waals surface area contributed by atoms with Crippen molar-refractivity contribution in [2.45, 2.75) is 24.5 Å². The van der Waals surface area contributed by atoms with Crippen LogP contribution in [0.1, 0.15) is 0 Å². The number of aromatic nitrogens is 2. The predicted molar refractivity (Wildman–Crippen MR) is 78.1 cm³/mol. The van der Waals surface area contributed by atoms with E-state index in [1.165, 1.54) is 12.3 Å². The topological polar surface area (TPSA) is 221 Å². The molecule has 2 heterocycles. The zero-order chi connectivity index (χ0) is 18.8. The van der Waals surface area contributed by atoms with E-state index >= 15 is 0 Å². The highest BCUT2D eigenvalue weighted by atomic mass is 31.3. The van der Waals surface area contributed by atoms with E-state index in [2.05, 4.69) is 24.1 Å². The van der Waals surface area contributed by atoms with Gasteiger partial charge in [-0.1, -0.05) is 0 Å². The van der Waals surface area contributed by atoms with Crippen molar-refractivity contribution in [3.63, 3.8) is 0 Å². The minimum Gasteiger partial charge on any atom is -0.387 e. The number of aliphatic hydroxyl groups excluding tert-OH is 2. The number of nitrogens with one attached hydrogen (secondary N) is 2. The number of rotatable bonds is 7. The number of phosphoric ester groups is 1. The van der Waals surface area contributed by atoms with Crippen LogP contribution in [-0.2, 0) is 22.7 Å². The molecule has 16 heteroatoms. The lowest BCUT2D eigenvalue weighted by molar-refractivity contribution is -0.0151. The minimum absolute atomic E-state index is 0.0271. The van der Waals surface area contributed by atoms with Crippen molar-refractivity contribution >= 4 is 21.5 Å². The molecule has 7 N–H and O–H groups in total. The van der Waals surface area contributed by atoms with Crippen molar-refractivity contribution in [1.82, 2.24) is 9.97 Å². The van der Waals surface area contributed by atoms with E-state index in [1.54, 1.807) is 0 Å².